The molecule has 0 aromatic carbocycles. The first kappa shape index (κ1) is 14.7. The summed E-state index contributed by atoms with van der Waals surface area (Å²) in [5.41, 5.74) is 1.21. The van der Waals surface area contributed by atoms with Crippen LogP contribution in [0.15, 0.2) is 24.8 Å². The zero-order valence-electron chi connectivity index (χ0n) is 11.8. The summed E-state index contributed by atoms with van der Waals surface area (Å²) < 4.78 is 6.45. The third-order valence-corrected chi connectivity index (χ3v) is 5.81. The lowest BCUT2D eigenvalue weighted by Gasteiger charge is -2.36. The average molecular weight is 252 g/mol. The maximum atomic E-state index is 6.45. The average Bonchev–Trinajstić information content (AvgIpc) is 2.27. The zero-order chi connectivity index (χ0) is 12.9. The molecule has 0 aromatic rings. The molecule has 98 valence electrons. The van der Waals surface area contributed by atoms with Crippen molar-refractivity contribution in [2.24, 2.45) is 5.92 Å². The predicted molar refractivity (Wildman–Crippen MR) is 78.7 cm³/mol. The van der Waals surface area contributed by atoms with E-state index in [1.165, 1.54) is 37.7 Å². The summed E-state index contributed by atoms with van der Waals surface area (Å²) in [7, 11) is -1.59. The van der Waals surface area contributed by atoms with Crippen LogP contribution in [0, 0.1) is 5.92 Å². The first-order valence-electron chi connectivity index (χ1n) is 6.90. The molecule has 0 bridgehead atoms. The summed E-state index contributed by atoms with van der Waals surface area (Å²) in [4.78, 5) is 0. The molecule has 0 aromatic heterocycles. The van der Waals surface area contributed by atoms with Crippen molar-refractivity contribution >= 4 is 8.32 Å². The second-order valence-electron chi connectivity index (χ2n) is 6.04. The molecular weight excluding hydrogens is 224 g/mol. The number of hydrogen-bond acceptors (Lipinski definition) is 1. The van der Waals surface area contributed by atoms with Crippen LogP contribution in [-0.2, 0) is 4.43 Å². The van der Waals surface area contributed by atoms with Crippen molar-refractivity contribution in [1.29, 1.82) is 0 Å². The minimum absolute atomic E-state index is 0.289. The van der Waals surface area contributed by atoms with Gasteiger partial charge in [0.2, 0.25) is 0 Å². The molecule has 0 unspecified atom stereocenters. The van der Waals surface area contributed by atoms with Gasteiger partial charge in [0.25, 0.3) is 0 Å². The highest BCUT2D eigenvalue weighted by molar-refractivity contribution is 6.71. The summed E-state index contributed by atoms with van der Waals surface area (Å²) in [6.45, 7) is 14.7. The van der Waals surface area contributed by atoms with Crippen LogP contribution in [0.4, 0.5) is 0 Å². The van der Waals surface area contributed by atoms with Crippen molar-refractivity contribution in [3.8, 4) is 0 Å². The van der Waals surface area contributed by atoms with E-state index in [2.05, 4.69) is 33.2 Å². The van der Waals surface area contributed by atoms with E-state index in [1.54, 1.807) is 0 Å². The molecule has 1 atom stereocenters. The van der Waals surface area contributed by atoms with Gasteiger partial charge < -0.3 is 4.43 Å². The predicted octanol–water partition coefficient (Wildman–Crippen LogP) is 4.92. The lowest BCUT2D eigenvalue weighted by molar-refractivity contribution is 0.130. The molecule has 0 aliphatic heterocycles. The van der Waals surface area contributed by atoms with E-state index >= 15 is 0 Å². The second-order valence-corrected chi connectivity index (χ2v) is 10.2. The first-order valence-corrected chi connectivity index (χ1v) is 10.0. The van der Waals surface area contributed by atoms with Crippen LogP contribution in [0.1, 0.15) is 39.0 Å². The van der Waals surface area contributed by atoms with Crippen molar-refractivity contribution in [3.63, 3.8) is 0 Å². The Balaban J connectivity index is 2.65. The van der Waals surface area contributed by atoms with E-state index in [0.29, 0.717) is 5.92 Å². The quantitative estimate of drug-likeness (QED) is 0.481. The minimum Gasteiger partial charge on any atom is -0.410 e. The van der Waals surface area contributed by atoms with Crippen LogP contribution in [0.5, 0.6) is 0 Å². The van der Waals surface area contributed by atoms with Gasteiger partial charge in [-0.1, -0.05) is 37.5 Å². The standard InChI is InChI=1S/C15H28OSi/c1-6-12-17(4,5)16-15(13(2)3)14-10-8-7-9-11-14/h6,14-15H,1-2,7-12H2,3-5H3/t15-/m1/s1. The molecule has 1 aliphatic rings. The molecule has 0 heterocycles. The fourth-order valence-electron chi connectivity index (χ4n) is 2.78. The van der Waals surface area contributed by atoms with Crippen LogP contribution in [0.2, 0.25) is 19.1 Å². The third kappa shape index (κ3) is 4.80. The Morgan fingerprint density at radius 3 is 2.41 bits per heavy atom. The van der Waals surface area contributed by atoms with Crippen LogP contribution >= 0.6 is 0 Å². The Labute approximate surface area is 108 Å². The highest BCUT2D eigenvalue weighted by Crippen LogP contribution is 2.33. The molecule has 2 heteroatoms. The normalized spacial score (nSPS) is 19.9. The Morgan fingerprint density at radius 1 is 1.35 bits per heavy atom. The molecule has 0 spiro atoms. The monoisotopic (exact) mass is 252 g/mol. The van der Waals surface area contributed by atoms with Gasteiger partial charge in [-0.25, -0.2) is 0 Å². The molecule has 1 rings (SSSR count). The number of allylic oxidation sites excluding steroid dienone is 1. The van der Waals surface area contributed by atoms with Gasteiger partial charge >= 0.3 is 0 Å². The van der Waals surface area contributed by atoms with Crippen LogP contribution in [0.3, 0.4) is 0 Å². The topological polar surface area (TPSA) is 9.23 Å². The lowest BCUT2D eigenvalue weighted by atomic mass is 9.83. The largest absolute Gasteiger partial charge is 0.410 e. The van der Waals surface area contributed by atoms with Gasteiger partial charge in [-0.15, -0.1) is 6.58 Å². The van der Waals surface area contributed by atoms with Gasteiger partial charge in [0.15, 0.2) is 8.32 Å². The van der Waals surface area contributed by atoms with E-state index < -0.39 is 8.32 Å². The van der Waals surface area contributed by atoms with Gasteiger partial charge in [0.1, 0.15) is 0 Å². The van der Waals surface area contributed by atoms with Gasteiger partial charge in [0.05, 0.1) is 6.10 Å². The molecule has 1 fully saturated rings. The molecule has 1 saturated carbocycles. The molecule has 1 aliphatic carbocycles. The van der Waals surface area contributed by atoms with Crippen molar-refractivity contribution in [3.05, 3.63) is 24.8 Å². The molecule has 0 saturated heterocycles. The highest BCUT2D eigenvalue weighted by atomic mass is 28.4. The maximum absolute atomic E-state index is 6.45. The van der Waals surface area contributed by atoms with E-state index in [4.69, 9.17) is 4.43 Å². The Morgan fingerprint density at radius 2 is 1.94 bits per heavy atom. The van der Waals surface area contributed by atoms with Crippen LogP contribution in [-0.4, -0.2) is 14.4 Å². The fourth-order valence-corrected chi connectivity index (χ4v) is 4.65. The zero-order valence-corrected chi connectivity index (χ0v) is 12.8. The molecule has 0 amide bonds. The summed E-state index contributed by atoms with van der Waals surface area (Å²) in [5.74, 6) is 0.706. The van der Waals surface area contributed by atoms with Crippen LogP contribution in [0.25, 0.3) is 0 Å². The summed E-state index contributed by atoms with van der Waals surface area (Å²) in [6.07, 6.45) is 9.04. The fraction of sp³-hybridized carbons (Fsp3) is 0.733. The SMILES string of the molecule is C=CC[Si](C)(C)O[C@H](C(=C)C)C1CCCCC1. The Bertz CT molecular complexity index is 264. The van der Waals surface area contributed by atoms with Crippen molar-refractivity contribution in [2.75, 3.05) is 0 Å². The number of hydrogen-bond donors (Lipinski definition) is 0. The van der Waals surface area contributed by atoms with Gasteiger partial charge in [0, 0.05) is 0 Å². The summed E-state index contributed by atoms with van der Waals surface area (Å²) >= 11 is 0. The third-order valence-electron chi connectivity index (χ3n) is 3.65. The Hall–Kier alpha value is -0.343. The van der Waals surface area contributed by atoms with E-state index in [0.717, 1.165) is 6.04 Å². The molecule has 17 heavy (non-hydrogen) atoms. The van der Waals surface area contributed by atoms with Crippen molar-refractivity contribution in [2.45, 2.75) is 64.3 Å². The molecular formula is C15H28OSi. The second kappa shape index (κ2) is 6.55. The Kier molecular flexibility index (Phi) is 5.67. The molecule has 0 radical (unpaired) electrons. The van der Waals surface area contributed by atoms with Crippen molar-refractivity contribution < 1.29 is 4.43 Å². The van der Waals surface area contributed by atoms with Crippen molar-refractivity contribution in [1.82, 2.24) is 0 Å². The van der Waals surface area contributed by atoms with E-state index in [1.807, 2.05) is 6.08 Å². The van der Waals surface area contributed by atoms with Gasteiger partial charge in [-0.2, -0.15) is 0 Å². The van der Waals surface area contributed by atoms with Gasteiger partial charge in [-0.05, 0) is 44.8 Å². The van der Waals surface area contributed by atoms with E-state index in [9.17, 15) is 0 Å². The van der Waals surface area contributed by atoms with Crippen LogP contribution < -0.4 is 0 Å². The first-order chi connectivity index (χ1) is 7.96. The van der Waals surface area contributed by atoms with E-state index in [-0.39, 0.29) is 6.10 Å². The molecule has 1 nitrogen and oxygen atoms in total. The smallest absolute Gasteiger partial charge is 0.191 e. The molecule has 0 N–H and O–H groups in total. The number of rotatable bonds is 6. The van der Waals surface area contributed by atoms with Gasteiger partial charge in [-0.3, -0.25) is 0 Å². The lowest BCUT2D eigenvalue weighted by Crippen LogP contribution is -2.39. The summed E-state index contributed by atoms with van der Waals surface area (Å²) in [6, 6.07) is 1.03. The maximum Gasteiger partial charge on any atom is 0.191 e. The highest BCUT2D eigenvalue weighted by Gasteiger charge is 2.31. The summed E-state index contributed by atoms with van der Waals surface area (Å²) in [5, 5.41) is 0. The minimum atomic E-state index is -1.59.